The number of hydrogen-bond acceptors (Lipinski definition) is 2. The maximum Gasteiger partial charge on any atom is 0.134 e. The average molecular weight is 204 g/mol. The van der Waals surface area contributed by atoms with Crippen molar-refractivity contribution in [1.82, 2.24) is 0 Å². The molecule has 0 aromatic heterocycles. The number of carbonyl (C=O) groups is 2. The van der Waals surface area contributed by atoms with Crippen molar-refractivity contribution in [3.63, 3.8) is 0 Å². The Kier molecular flexibility index (Phi) is 3.40. The van der Waals surface area contributed by atoms with Crippen molar-refractivity contribution in [2.45, 2.75) is 32.1 Å². The normalized spacial score (nSPS) is 11.5. The van der Waals surface area contributed by atoms with Crippen LogP contribution in [0.3, 0.4) is 0 Å². The van der Waals surface area contributed by atoms with Crippen LogP contribution in [-0.2, 0) is 15.0 Å². The van der Waals surface area contributed by atoms with Crippen molar-refractivity contribution in [3.05, 3.63) is 35.4 Å². The first-order chi connectivity index (χ1) is 6.99. The molecule has 0 aliphatic carbocycles. The highest BCUT2D eigenvalue weighted by Gasteiger charge is 2.14. The summed E-state index contributed by atoms with van der Waals surface area (Å²) in [5, 5.41) is 0. The Hall–Kier alpha value is -1.44. The minimum absolute atomic E-state index is 0.0936. The fourth-order valence-electron chi connectivity index (χ4n) is 1.39. The molecule has 0 spiro atoms. The summed E-state index contributed by atoms with van der Waals surface area (Å²) in [6.45, 7) is 6.37. The Morgan fingerprint density at radius 3 is 1.80 bits per heavy atom. The van der Waals surface area contributed by atoms with Crippen LogP contribution in [0.1, 0.15) is 37.8 Å². The van der Waals surface area contributed by atoms with E-state index >= 15 is 0 Å². The lowest BCUT2D eigenvalue weighted by molar-refractivity contribution is -0.116. The molecule has 80 valence electrons. The van der Waals surface area contributed by atoms with Gasteiger partial charge in [-0.15, -0.1) is 0 Å². The molecule has 0 bridgehead atoms. The van der Waals surface area contributed by atoms with E-state index in [2.05, 4.69) is 20.8 Å². The van der Waals surface area contributed by atoms with E-state index in [9.17, 15) is 9.59 Å². The van der Waals surface area contributed by atoms with Gasteiger partial charge in [0, 0.05) is 0 Å². The zero-order valence-electron chi connectivity index (χ0n) is 9.36. The van der Waals surface area contributed by atoms with Crippen LogP contribution in [0, 0.1) is 0 Å². The fourth-order valence-corrected chi connectivity index (χ4v) is 1.39. The van der Waals surface area contributed by atoms with E-state index in [4.69, 9.17) is 0 Å². The third-order valence-corrected chi connectivity index (χ3v) is 2.45. The minimum Gasteiger partial charge on any atom is -0.302 e. The predicted octanol–water partition coefficient (Wildman–Crippen LogP) is 2.47. The van der Waals surface area contributed by atoms with E-state index in [1.165, 1.54) is 5.56 Å². The molecule has 0 unspecified atom stereocenters. The molecular formula is C13H16O2. The molecule has 15 heavy (non-hydrogen) atoms. The SMILES string of the molecule is CC(C)(C)c1ccc(C(C=O)C=O)cc1. The van der Waals surface area contributed by atoms with Crippen LogP contribution in [0.4, 0.5) is 0 Å². The first kappa shape index (κ1) is 11.6. The Labute approximate surface area is 90.3 Å². The molecule has 0 aliphatic heterocycles. The maximum absolute atomic E-state index is 10.6. The van der Waals surface area contributed by atoms with Gasteiger partial charge in [-0.3, -0.25) is 0 Å². The largest absolute Gasteiger partial charge is 0.302 e. The van der Waals surface area contributed by atoms with Gasteiger partial charge in [0.15, 0.2) is 0 Å². The van der Waals surface area contributed by atoms with Crippen LogP contribution in [0.2, 0.25) is 0 Å². The van der Waals surface area contributed by atoms with Crippen molar-refractivity contribution in [2.24, 2.45) is 0 Å². The van der Waals surface area contributed by atoms with Gasteiger partial charge in [0.05, 0.1) is 5.92 Å². The second-order valence-electron chi connectivity index (χ2n) is 4.67. The Balaban J connectivity index is 2.99. The third kappa shape index (κ3) is 2.75. The van der Waals surface area contributed by atoms with Crippen molar-refractivity contribution in [3.8, 4) is 0 Å². The molecule has 0 heterocycles. The van der Waals surface area contributed by atoms with Crippen LogP contribution >= 0.6 is 0 Å². The van der Waals surface area contributed by atoms with Gasteiger partial charge in [-0.1, -0.05) is 45.0 Å². The summed E-state index contributed by atoms with van der Waals surface area (Å²) < 4.78 is 0. The summed E-state index contributed by atoms with van der Waals surface area (Å²) in [6, 6.07) is 7.62. The van der Waals surface area contributed by atoms with Gasteiger partial charge < -0.3 is 9.59 Å². The quantitative estimate of drug-likeness (QED) is 0.560. The van der Waals surface area contributed by atoms with Crippen molar-refractivity contribution < 1.29 is 9.59 Å². The van der Waals surface area contributed by atoms with E-state index in [0.717, 1.165) is 5.56 Å². The molecule has 0 aliphatic rings. The lowest BCUT2D eigenvalue weighted by Gasteiger charge is -2.19. The Morgan fingerprint density at radius 1 is 1.00 bits per heavy atom. The highest BCUT2D eigenvalue weighted by molar-refractivity contribution is 5.84. The van der Waals surface area contributed by atoms with Crippen LogP contribution in [0.25, 0.3) is 0 Å². The molecule has 1 aromatic rings. The van der Waals surface area contributed by atoms with E-state index in [0.29, 0.717) is 12.6 Å². The number of hydrogen-bond donors (Lipinski definition) is 0. The van der Waals surface area contributed by atoms with Crippen molar-refractivity contribution >= 4 is 12.6 Å². The van der Waals surface area contributed by atoms with Crippen LogP contribution in [-0.4, -0.2) is 12.6 Å². The van der Waals surface area contributed by atoms with Gasteiger partial charge in [-0.05, 0) is 16.5 Å². The van der Waals surface area contributed by atoms with Crippen molar-refractivity contribution in [1.29, 1.82) is 0 Å². The average Bonchev–Trinajstić information content (AvgIpc) is 2.19. The molecule has 0 fully saturated rings. The standard InChI is InChI=1S/C13H16O2/c1-13(2,3)12-6-4-10(5-7-12)11(8-14)9-15/h4-9,11H,1-3H3. The zero-order valence-corrected chi connectivity index (χ0v) is 9.36. The summed E-state index contributed by atoms with van der Waals surface area (Å²) in [7, 11) is 0. The highest BCUT2D eigenvalue weighted by Crippen LogP contribution is 2.23. The van der Waals surface area contributed by atoms with E-state index < -0.39 is 5.92 Å². The summed E-state index contributed by atoms with van der Waals surface area (Å²) >= 11 is 0. The van der Waals surface area contributed by atoms with Gasteiger partial charge in [0.2, 0.25) is 0 Å². The zero-order chi connectivity index (χ0) is 11.5. The first-order valence-electron chi connectivity index (χ1n) is 5.00. The maximum atomic E-state index is 10.6. The van der Waals surface area contributed by atoms with Gasteiger partial charge in [0.1, 0.15) is 12.6 Å². The molecule has 0 amide bonds. The minimum atomic E-state index is -0.626. The Bertz CT molecular complexity index is 336. The molecule has 0 N–H and O–H groups in total. The lowest BCUT2D eigenvalue weighted by Crippen LogP contribution is -2.11. The monoisotopic (exact) mass is 204 g/mol. The van der Waals surface area contributed by atoms with Crippen molar-refractivity contribution in [2.75, 3.05) is 0 Å². The molecule has 1 rings (SSSR count). The second kappa shape index (κ2) is 4.39. The summed E-state index contributed by atoms with van der Waals surface area (Å²) in [6.07, 6.45) is 1.33. The summed E-state index contributed by atoms with van der Waals surface area (Å²) in [5.41, 5.74) is 2.05. The van der Waals surface area contributed by atoms with Gasteiger partial charge in [-0.2, -0.15) is 0 Å². The number of carbonyl (C=O) groups excluding carboxylic acids is 2. The Morgan fingerprint density at radius 2 is 1.47 bits per heavy atom. The topological polar surface area (TPSA) is 34.1 Å². The second-order valence-corrected chi connectivity index (χ2v) is 4.67. The molecular weight excluding hydrogens is 188 g/mol. The van der Waals surface area contributed by atoms with Gasteiger partial charge in [-0.25, -0.2) is 0 Å². The summed E-state index contributed by atoms with van der Waals surface area (Å²) in [5.74, 6) is -0.626. The van der Waals surface area contributed by atoms with Crippen LogP contribution in [0.5, 0.6) is 0 Å². The van der Waals surface area contributed by atoms with E-state index in [-0.39, 0.29) is 5.41 Å². The third-order valence-electron chi connectivity index (χ3n) is 2.45. The lowest BCUT2D eigenvalue weighted by atomic mass is 9.86. The molecule has 2 heteroatoms. The molecule has 2 nitrogen and oxygen atoms in total. The molecule has 0 radical (unpaired) electrons. The molecule has 1 aromatic carbocycles. The van der Waals surface area contributed by atoms with Gasteiger partial charge >= 0.3 is 0 Å². The first-order valence-corrected chi connectivity index (χ1v) is 5.00. The summed E-state index contributed by atoms with van der Waals surface area (Å²) in [4.78, 5) is 21.2. The number of benzene rings is 1. The van der Waals surface area contributed by atoms with Crippen LogP contribution in [0.15, 0.2) is 24.3 Å². The van der Waals surface area contributed by atoms with E-state index in [1.54, 1.807) is 0 Å². The number of rotatable bonds is 3. The number of aldehydes is 2. The molecule has 0 atom stereocenters. The van der Waals surface area contributed by atoms with E-state index in [1.807, 2.05) is 24.3 Å². The van der Waals surface area contributed by atoms with Crippen LogP contribution < -0.4 is 0 Å². The highest BCUT2D eigenvalue weighted by atomic mass is 16.1. The molecule has 0 saturated heterocycles. The van der Waals surface area contributed by atoms with Gasteiger partial charge in [0.25, 0.3) is 0 Å². The molecule has 0 saturated carbocycles. The fraction of sp³-hybridized carbons (Fsp3) is 0.385. The smallest absolute Gasteiger partial charge is 0.134 e. The predicted molar refractivity (Wildman–Crippen MR) is 60.0 cm³/mol.